The van der Waals surface area contributed by atoms with Crippen LogP contribution in [0.2, 0.25) is 0 Å². The Morgan fingerprint density at radius 1 is 0.419 bits per heavy atom. The average molecular weight is 589 g/mol. The third-order valence-corrected chi connectivity index (χ3v) is 8.10. The molecule has 0 aromatic heterocycles. The lowest BCUT2D eigenvalue weighted by molar-refractivity contribution is 0.617. The Morgan fingerprint density at radius 2 is 0.767 bits per heavy atom. The van der Waals surface area contributed by atoms with Crippen molar-refractivity contribution >= 4 is 34.2 Å². The molecule has 4 heteroatoms. The van der Waals surface area contributed by atoms with Gasteiger partial charge in [-0.25, -0.2) is 0 Å². The van der Waals surface area contributed by atoms with Crippen LogP contribution in [0, 0.1) is 0 Å². The van der Waals surface area contributed by atoms with Gasteiger partial charge in [0.05, 0.1) is 22.8 Å². The van der Waals surface area contributed by atoms with E-state index in [9.17, 15) is 0 Å². The monoisotopic (exact) mass is 589 g/mol. The Morgan fingerprint density at radius 3 is 1.19 bits per heavy atom. The van der Waals surface area contributed by atoms with Crippen molar-refractivity contribution in [2.75, 3.05) is 23.7 Å². The maximum absolute atomic E-state index is 5.20. The van der Waals surface area contributed by atoms with E-state index in [0.29, 0.717) is 0 Å². The summed E-state index contributed by atoms with van der Waals surface area (Å²) in [5.74, 6) is 0. The molecule has 2 rings (SSSR count). The van der Waals surface area contributed by atoms with Crippen molar-refractivity contribution in [3.05, 3.63) is 48.5 Å². The molecule has 0 atom stereocenters. The molecule has 2 aromatic carbocycles. The van der Waals surface area contributed by atoms with Crippen LogP contribution in [0.15, 0.2) is 58.5 Å². The number of nitrogens with zero attached hydrogens (tertiary/aromatic N) is 2. The minimum Gasteiger partial charge on any atom is -0.385 e. The highest BCUT2D eigenvalue weighted by atomic mass is 14.9. The minimum absolute atomic E-state index is 0.970. The second-order valence-electron chi connectivity index (χ2n) is 12.2. The highest BCUT2D eigenvalue weighted by Gasteiger charge is 2.11. The molecule has 0 heterocycles. The van der Waals surface area contributed by atoms with Crippen molar-refractivity contribution in [1.82, 2.24) is 0 Å². The number of hydrogen-bond acceptors (Lipinski definition) is 4. The van der Waals surface area contributed by atoms with Gasteiger partial charge < -0.3 is 10.6 Å². The highest BCUT2D eigenvalue weighted by molar-refractivity contribution is 6.43. The summed E-state index contributed by atoms with van der Waals surface area (Å²) in [6.45, 7) is 11.2. The lowest BCUT2D eigenvalue weighted by Gasteiger charge is -2.12. The Balaban J connectivity index is 2.05. The topological polar surface area (TPSA) is 48.8 Å². The SMILES string of the molecule is CCCCCCCCNc1ccc(N=C(CCCC)C(CCCCC)=Nc2ccc(NCCCCCCCC)cc2)cc1. The van der Waals surface area contributed by atoms with E-state index in [0.717, 1.165) is 68.0 Å². The smallest absolute Gasteiger partial charge is 0.0635 e. The van der Waals surface area contributed by atoms with Crippen LogP contribution in [0.25, 0.3) is 0 Å². The van der Waals surface area contributed by atoms with Crippen LogP contribution in [-0.2, 0) is 0 Å². The van der Waals surface area contributed by atoms with E-state index in [-0.39, 0.29) is 0 Å². The first kappa shape index (κ1) is 36.6. The van der Waals surface area contributed by atoms with Gasteiger partial charge in [-0.3, -0.25) is 9.98 Å². The molecule has 0 radical (unpaired) electrons. The third-order valence-electron chi connectivity index (χ3n) is 8.10. The van der Waals surface area contributed by atoms with Gasteiger partial charge in [0.2, 0.25) is 0 Å². The van der Waals surface area contributed by atoms with Crippen molar-refractivity contribution in [3.63, 3.8) is 0 Å². The maximum atomic E-state index is 5.20. The molecule has 2 N–H and O–H groups in total. The van der Waals surface area contributed by atoms with Crippen molar-refractivity contribution in [3.8, 4) is 0 Å². The fraction of sp³-hybridized carbons (Fsp3) is 0.641. The summed E-state index contributed by atoms with van der Waals surface area (Å²) in [6.07, 6.45) is 23.7. The second kappa shape index (κ2) is 24.8. The van der Waals surface area contributed by atoms with Crippen molar-refractivity contribution < 1.29 is 0 Å². The molecule has 0 aliphatic rings. The second-order valence-corrected chi connectivity index (χ2v) is 12.2. The van der Waals surface area contributed by atoms with Gasteiger partial charge in [0, 0.05) is 24.5 Å². The number of nitrogens with one attached hydrogen (secondary N) is 2. The molecule has 0 amide bonds. The lowest BCUT2D eigenvalue weighted by atomic mass is 10.0. The van der Waals surface area contributed by atoms with E-state index in [4.69, 9.17) is 9.98 Å². The van der Waals surface area contributed by atoms with Crippen LogP contribution < -0.4 is 10.6 Å². The molecule has 43 heavy (non-hydrogen) atoms. The molecule has 0 unspecified atom stereocenters. The zero-order valence-electron chi connectivity index (χ0n) is 28.4. The number of benzene rings is 2. The molecular weight excluding hydrogens is 524 g/mol. The molecule has 0 aliphatic heterocycles. The van der Waals surface area contributed by atoms with E-state index in [1.54, 1.807) is 0 Å². The highest BCUT2D eigenvalue weighted by Crippen LogP contribution is 2.22. The zero-order chi connectivity index (χ0) is 30.8. The number of rotatable bonds is 26. The number of aliphatic imine (C=N–C) groups is 2. The predicted molar refractivity (Wildman–Crippen MR) is 194 cm³/mol. The van der Waals surface area contributed by atoms with Crippen LogP contribution in [0.4, 0.5) is 22.7 Å². The van der Waals surface area contributed by atoms with Crippen LogP contribution >= 0.6 is 0 Å². The maximum Gasteiger partial charge on any atom is 0.0635 e. The van der Waals surface area contributed by atoms with Crippen LogP contribution in [0.5, 0.6) is 0 Å². The summed E-state index contributed by atoms with van der Waals surface area (Å²) >= 11 is 0. The molecule has 0 saturated carbocycles. The molecule has 0 spiro atoms. The molecule has 0 bridgehead atoms. The number of hydrogen-bond donors (Lipinski definition) is 2. The van der Waals surface area contributed by atoms with Gasteiger partial charge in [0.15, 0.2) is 0 Å². The average Bonchev–Trinajstić information content (AvgIpc) is 3.03. The van der Waals surface area contributed by atoms with E-state index >= 15 is 0 Å². The Bertz CT molecular complexity index is 991. The van der Waals surface area contributed by atoms with Gasteiger partial charge in [-0.2, -0.15) is 0 Å². The standard InChI is InChI=1S/C39H64N4/c1-5-9-13-15-17-20-32-40-34-24-28-36(29-25-34)42-38(22-12-8-4)39(23-19-11-7-3)43-37-30-26-35(27-31-37)41-33-21-18-16-14-10-6-2/h24-31,40-41H,5-23,32-33H2,1-4H3. The summed E-state index contributed by atoms with van der Waals surface area (Å²) in [5.41, 5.74) is 6.72. The molecule has 0 aliphatic carbocycles. The van der Waals surface area contributed by atoms with E-state index in [1.807, 2.05) is 0 Å². The van der Waals surface area contributed by atoms with Gasteiger partial charge in [0.1, 0.15) is 0 Å². The molecule has 4 nitrogen and oxygen atoms in total. The Labute approximate surface area is 265 Å². The molecule has 0 saturated heterocycles. The quantitative estimate of drug-likeness (QED) is 0.0848. The first-order valence-electron chi connectivity index (χ1n) is 18.0. The largest absolute Gasteiger partial charge is 0.385 e. The number of anilines is 2. The van der Waals surface area contributed by atoms with Crippen molar-refractivity contribution in [1.29, 1.82) is 0 Å². The van der Waals surface area contributed by atoms with Crippen molar-refractivity contribution in [2.45, 2.75) is 150 Å². The predicted octanol–water partition coefficient (Wildman–Crippen LogP) is 12.8. The van der Waals surface area contributed by atoms with Gasteiger partial charge in [-0.15, -0.1) is 0 Å². The molecule has 2 aromatic rings. The third kappa shape index (κ3) is 17.3. The Hall–Kier alpha value is -2.62. The van der Waals surface area contributed by atoms with E-state index in [2.05, 4.69) is 86.9 Å². The number of unbranched alkanes of at least 4 members (excludes halogenated alkanes) is 13. The normalized spacial score (nSPS) is 12.1. The van der Waals surface area contributed by atoms with Crippen molar-refractivity contribution in [2.24, 2.45) is 9.98 Å². The summed E-state index contributed by atoms with van der Waals surface area (Å²) < 4.78 is 0. The zero-order valence-corrected chi connectivity index (χ0v) is 28.4. The lowest BCUT2D eigenvalue weighted by Crippen LogP contribution is -2.14. The summed E-state index contributed by atoms with van der Waals surface area (Å²) in [4.78, 5) is 10.4. The van der Waals surface area contributed by atoms with E-state index < -0.39 is 0 Å². The van der Waals surface area contributed by atoms with Gasteiger partial charge in [-0.1, -0.05) is 111 Å². The van der Waals surface area contributed by atoms with E-state index in [1.165, 1.54) is 101 Å². The first-order valence-corrected chi connectivity index (χ1v) is 18.0. The van der Waals surface area contributed by atoms with Gasteiger partial charge in [0.25, 0.3) is 0 Å². The van der Waals surface area contributed by atoms with Gasteiger partial charge in [-0.05, 0) is 87.1 Å². The summed E-state index contributed by atoms with van der Waals surface area (Å²) in [5, 5.41) is 7.19. The summed E-state index contributed by atoms with van der Waals surface area (Å²) in [6, 6.07) is 17.3. The fourth-order valence-corrected chi connectivity index (χ4v) is 5.31. The van der Waals surface area contributed by atoms with Crippen LogP contribution in [0.1, 0.15) is 150 Å². The molecular formula is C39H64N4. The fourth-order valence-electron chi connectivity index (χ4n) is 5.31. The van der Waals surface area contributed by atoms with Crippen LogP contribution in [-0.4, -0.2) is 24.5 Å². The first-order chi connectivity index (χ1) is 21.2. The molecule has 0 fully saturated rings. The summed E-state index contributed by atoms with van der Waals surface area (Å²) in [7, 11) is 0. The van der Waals surface area contributed by atoms with Gasteiger partial charge >= 0.3 is 0 Å². The Kier molecular flexibility index (Phi) is 21.1. The molecule has 240 valence electrons. The minimum atomic E-state index is 0.970. The van der Waals surface area contributed by atoms with Crippen LogP contribution in [0.3, 0.4) is 0 Å².